The van der Waals surface area contributed by atoms with Gasteiger partial charge in [-0.2, -0.15) is 0 Å². The number of carbonyl (C=O) groups is 1. The summed E-state index contributed by atoms with van der Waals surface area (Å²) in [5.74, 6) is -0.170. The molecule has 1 amide bonds. The summed E-state index contributed by atoms with van der Waals surface area (Å²) in [6.07, 6.45) is 2.42. The molecule has 1 aromatic carbocycles. The fourth-order valence-electron chi connectivity index (χ4n) is 1.96. The van der Waals surface area contributed by atoms with Crippen LogP contribution >= 0.6 is 0 Å². The fraction of sp³-hybridized carbons (Fsp3) is 0.250. The van der Waals surface area contributed by atoms with Gasteiger partial charge in [-0.05, 0) is 31.0 Å². The Bertz CT molecular complexity index is 540. The molecule has 20 heavy (non-hydrogen) atoms. The van der Waals surface area contributed by atoms with Gasteiger partial charge in [0.2, 0.25) is 5.91 Å². The minimum Gasteiger partial charge on any atom is -0.346 e. The summed E-state index contributed by atoms with van der Waals surface area (Å²) in [4.78, 5) is 16.2. The Balaban J connectivity index is 2.18. The maximum atomic E-state index is 11.9. The first kappa shape index (κ1) is 14.2. The molecule has 104 valence electrons. The van der Waals surface area contributed by atoms with E-state index >= 15 is 0 Å². The Morgan fingerprint density at radius 2 is 1.90 bits per heavy atom. The zero-order chi connectivity index (χ0) is 14.4. The molecule has 0 aliphatic carbocycles. The monoisotopic (exact) mass is 269 g/mol. The van der Waals surface area contributed by atoms with Crippen LogP contribution < -0.4 is 11.1 Å². The smallest absolute Gasteiger partial charge is 0.237 e. The van der Waals surface area contributed by atoms with Crippen molar-refractivity contribution in [2.24, 2.45) is 5.73 Å². The van der Waals surface area contributed by atoms with Gasteiger partial charge in [-0.3, -0.25) is 9.78 Å². The predicted molar refractivity (Wildman–Crippen MR) is 78.9 cm³/mol. The summed E-state index contributed by atoms with van der Waals surface area (Å²) in [5, 5.41) is 2.95. The normalized spacial score (nSPS) is 13.5. The third-order valence-corrected chi connectivity index (χ3v) is 3.06. The van der Waals surface area contributed by atoms with E-state index in [-0.39, 0.29) is 11.9 Å². The first-order valence-corrected chi connectivity index (χ1v) is 6.67. The molecule has 1 unspecified atom stereocenters. The van der Waals surface area contributed by atoms with Crippen molar-refractivity contribution in [3.63, 3.8) is 0 Å². The first-order valence-electron chi connectivity index (χ1n) is 6.67. The van der Waals surface area contributed by atoms with Crippen LogP contribution in [0.15, 0.2) is 54.7 Å². The molecule has 4 heteroatoms. The topological polar surface area (TPSA) is 68.0 Å². The van der Waals surface area contributed by atoms with Crippen LogP contribution in [0.3, 0.4) is 0 Å². The van der Waals surface area contributed by atoms with Crippen LogP contribution in [-0.2, 0) is 11.2 Å². The molecule has 3 N–H and O–H groups in total. The molecule has 4 nitrogen and oxygen atoms in total. The van der Waals surface area contributed by atoms with Crippen molar-refractivity contribution in [2.45, 2.75) is 25.4 Å². The van der Waals surface area contributed by atoms with Crippen molar-refractivity contribution < 1.29 is 4.79 Å². The van der Waals surface area contributed by atoms with Crippen LogP contribution in [0.2, 0.25) is 0 Å². The van der Waals surface area contributed by atoms with Gasteiger partial charge in [-0.25, -0.2) is 0 Å². The van der Waals surface area contributed by atoms with Crippen LogP contribution in [-0.4, -0.2) is 16.9 Å². The third kappa shape index (κ3) is 3.90. The number of benzene rings is 1. The van der Waals surface area contributed by atoms with E-state index in [0.717, 1.165) is 11.3 Å². The molecule has 1 aromatic heterocycles. The molecule has 0 saturated carbocycles. The van der Waals surface area contributed by atoms with Gasteiger partial charge >= 0.3 is 0 Å². The third-order valence-electron chi connectivity index (χ3n) is 3.06. The highest BCUT2D eigenvalue weighted by atomic mass is 16.2. The molecule has 0 aliphatic rings. The first-order chi connectivity index (χ1) is 9.66. The fourth-order valence-corrected chi connectivity index (χ4v) is 1.96. The number of nitrogens with one attached hydrogen (secondary N) is 1. The van der Waals surface area contributed by atoms with Gasteiger partial charge < -0.3 is 11.1 Å². The minimum absolute atomic E-state index is 0.169. The summed E-state index contributed by atoms with van der Waals surface area (Å²) >= 11 is 0. The molecule has 0 bridgehead atoms. The van der Waals surface area contributed by atoms with Crippen molar-refractivity contribution in [1.29, 1.82) is 0 Å². The van der Waals surface area contributed by atoms with E-state index in [9.17, 15) is 4.79 Å². The van der Waals surface area contributed by atoms with Crippen LogP contribution in [0.4, 0.5) is 0 Å². The molecule has 0 radical (unpaired) electrons. The largest absolute Gasteiger partial charge is 0.346 e. The minimum atomic E-state index is -0.531. The number of carbonyl (C=O) groups excluding carboxylic acids is 1. The maximum Gasteiger partial charge on any atom is 0.237 e. The second-order valence-corrected chi connectivity index (χ2v) is 4.79. The van der Waals surface area contributed by atoms with Crippen molar-refractivity contribution in [2.75, 3.05) is 0 Å². The summed E-state index contributed by atoms with van der Waals surface area (Å²) in [6, 6.07) is 15.0. The molecule has 0 fully saturated rings. The molecule has 0 spiro atoms. The van der Waals surface area contributed by atoms with Crippen molar-refractivity contribution in [3.05, 3.63) is 66.0 Å². The molecular weight excluding hydrogens is 250 g/mol. The van der Waals surface area contributed by atoms with E-state index in [1.807, 2.05) is 48.5 Å². The van der Waals surface area contributed by atoms with E-state index in [1.165, 1.54) is 0 Å². The van der Waals surface area contributed by atoms with Gasteiger partial charge in [-0.15, -0.1) is 0 Å². The number of rotatable bonds is 5. The molecule has 2 rings (SSSR count). The average Bonchev–Trinajstić information content (AvgIpc) is 2.48. The van der Waals surface area contributed by atoms with Crippen LogP contribution in [0.25, 0.3) is 0 Å². The van der Waals surface area contributed by atoms with Crippen LogP contribution in [0.1, 0.15) is 24.2 Å². The van der Waals surface area contributed by atoms with Gasteiger partial charge in [0, 0.05) is 6.20 Å². The highest BCUT2D eigenvalue weighted by Crippen LogP contribution is 2.16. The lowest BCUT2D eigenvalue weighted by Gasteiger charge is -2.19. The van der Waals surface area contributed by atoms with Crippen molar-refractivity contribution >= 4 is 5.91 Å². The number of pyridine rings is 1. The Kier molecular flexibility index (Phi) is 4.85. The maximum absolute atomic E-state index is 11.9. The van der Waals surface area contributed by atoms with E-state index < -0.39 is 6.04 Å². The molecule has 0 aliphatic heterocycles. The quantitative estimate of drug-likeness (QED) is 0.870. The number of hydrogen-bond acceptors (Lipinski definition) is 3. The van der Waals surface area contributed by atoms with Gasteiger partial charge in [0.15, 0.2) is 0 Å². The molecular formula is C16H19N3O. The summed E-state index contributed by atoms with van der Waals surface area (Å²) in [7, 11) is 0. The Morgan fingerprint density at radius 1 is 1.20 bits per heavy atom. The second kappa shape index (κ2) is 6.82. The van der Waals surface area contributed by atoms with Gasteiger partial charge in [0.05, 0.1) is 17.8 Å². The summed E-state index contributed by atoms with van der Waals surface area (Å²) < 4.78 is 0. The Hall–Kier alpha value is -2.20. The Labute approximate surface area is 119 Å². The van der Waals surface area contributed by atoms with Crippen LogP contribution in [0.5, 0.6) is 0 Å². The van der Waals surface area contributed by atoms with Gasteiger partial charge in [0.25, 0.3) is 0 Å². The molecule has 1 heterocycles. The van der Waals surface area contributed by atoms with Gasteiger partial charge in [0.1, 0.15) is 0 Å². The predicted octanol–water partition coefficient (Wildman–Crippen LogP) is 1.83. The zero-order valence-corrected chi connectivity index (χ0v) is 11.5. The Morgan fingerprint density at radius 3 is 2.50 bits per heavy atom. The molecule has 0 saturated heterocycles. The molecule has 2 aromatic rings. The van der Waals surface area contributed by atoms with E-state index in [2.05, 4.69) is 10.3 Å². The standard InChI is InChI=1S/C16H19N3O/c1-12(17)16(20)19-15(14-9-5-6-10-18-14)11-13-7-3-2-4-8-13/h2-10,12,15H,11,17H2,1H3,(H,19,20)/t12-,15?/m0/s1. The number of amides is 1. The SMILES string of the molecule is C[C@H](N)C(=O)NC(Cc1ccccc1)c1ccccn1. The van der Waals surface area contributed by atoms with E-state index in [4.69, 9.17) is 5.73 Å². The number of hydrogen-bond donors (Lipinski definition) is 2. The van der Waals surface area contributed by atoms with Crippen molar-refractivity contribution in [1.82, 2.24) is 10.3 Å². The van der Waals surface area contributed by atoms with E-state index in [1.54, 1.807) is 13.1 Å². The van der Waals surface area contributed by atoms with Gasteiger partial charge in [-0.1, -0.05) is 36.4 Å². The lowest BCUT2D eigenvalue weighted by Crippen LogP contribution is -2.41. The number of nitrogens with two attached hydrogens (primary N) is 1. The number of nitrogens with zero attached hydrogens (tertiary/aromatic N) is 1. The second-order valence-electron chi connectivity index (χ2n) is 4.79. The lowest BCUT2D eigenvalue weighted by molar-refractivity contribution is -0.122. The van der Waals surface area contributed by atoms with E-state index in [0.29, 0.717) is 6.42 Å². The highest BCUT2D eigenvalue weighted by Gasteiger charge is 2.18. The number of aromatic nitrogens is 1. The summed E-state index contributed by atoms with van der Waals surface area (Å²) in [5.41, 5.74) is 7.61. The summed E-state index contributed by atoms with van der Waals surface area (Å²) in [6.45, 7) is 1.67. The average molecular weight is 269 g/mol. The van der Waals surface area contributed by atoms with Crippen molar-refractivity contribution in [3.8, 4) is 0 Å². The van der Waals surface area contributed by atoms with Crippen LogP contribution in [0, 0.1) is 0 Å². The zero-order valence-electron chi connectivity index (χ0n) is 11.5. The lowest BCUT2D eigenvalue weighted by atomic mass is 10.0. The highest BCUT2D eigenvalue weighted by molar-refractivity contribution is 5.81. The molecule has 2 atom stereocenters.